The van der Waals surface area contributed by atoms with Crippen molar-refractivity contribution < 1.29 is 19.8 Å². The number of carboxylic acid groups (broad SMARTS) is 2. The number of benzene rings is 2. The summed E-state index contributed by atoms with van der Waals surface area (Å²) in [7, 11) is 0. The lowest BCUT2D eigenvalue weighted by atomic mass is 9.79. The second kappa shape index (κ2) is 6.70. The molecule has 2 rings (SSSR count). The van der Waals surface area contributed by atoms with E-state index >= 15 is 0 Å². The zero-order chi connectivity index (χ0) is 15.2. The Hall–Kier alpha value is -2.62. The van der Waals surface area contributed by atoms with E-state index in [2.05, 4.69) is 0 Å². The summed E-state index contributed by atoms with van der Waals surface area (Å²) in [5.74, 6) is -3.71. The maximum absolute atomic E-state index is 11.6. The monoisotopic (exact) mass is 284 g/mol. The lowest BCUT2D eigenvalue weighted by molar-refractivity contribution is -0.148. The number of hydrogen-bond acceptors (Lipinski definition) is 2. The van der Waals surface area contributed by atoms with Crippen LogP contribution >= 0.6 is 0 Å². The van der Waals surface area contributed by atoms with Crippen LogP contribution in [0.1, 0.15) is 23.5 Å². The third-order valence-electron chi connectivity index (χ3n) is 3.43. The molecule has 0 aromatic heterocycles. The number of carboxylic acids is 2. The van der Waals surface area contributed by atoms with Gasteiger partial charge in [0.25, 0.3) is 0 Å². The largest absolute Gasteiger partial charge is 0.481 e. The molecule has 108 valence electrons. The molecule has 0 aliphatic heterocycles. The fourth-order valence-electron chi connectivity index (χ4n) is 2.51. The van der Waals surface area contributed by atoms with Gasteiger partial charge in [-0.05, 0) is 11.1 Å². The Morgan fingerprint density at radius 3 is 1.57 bits per heavy atom. The minimum absolute atomic E-state index is 0.413. The quantitative estimate of drug-likeness (QED) is 0.855. The van der Waals surface area contributed by atoms with Crippen molar-refractivity contribution in [2.75, 3.05) is 0 Å². The maximum atomic E-state index is 11.6. The minimum Gasteiger partial charge on any atom is -0.481 e. The Balaban J connectivity index is 2.49. The third-order valence-corrected chi connectivity index (χ3v) is 3.43. The van der Waals surface area contributed by atoms with Crippen LogP contribution < -0.4 is 0 Å². The van der Waals surface area contributed by atoms with Gasteiger partial charge in [-0.25, -0.2) is 0 Å². The van der Waals surface area contributed by atoms with Gasteiger partial charge in [0, 0.05) is 5.92 Å². The SMILES string of the molecule is O=C(O)CC(C(=O)O)C(c1ccccc1)c1ccccc1. The van der Waals surface area contributed by atoms with Crippen LogP contribution in [0, 0.1) is 5.92 Å². The molecule has 2 N–H and O–H groups in total. The first-order valence-electron chi connectivity index (χ1n) is 6.64. The van der Waals surface area contributed by atoms with Crippen molar-refractivity contribution in [3.63, 3.8) is 0 Å². The molecular formula is C17H16O4. The van der Waals surface area contributed by atoms with Gasteiger partial charge in [0.2, 0.25) is 0 Å². The summed E-state index contributed by atoms with van der Waals surface area (Å²) in [6.07, 6.45) is -0.413. The summed E-state index contributed by atoms with van der Waals surface area (Å²) in [5, 5.41) is 18.5. The highest BCUT2D eigenvalue weighted by Gasteiger charge is 2.32. The maximum Gasteiger partial charge on any atom is 0.308 e. The van der Waals surface area contributed by atoms with E-state index in [1.807, 2.05) is 60.7 Å². The van der Waals surface area contributed by atoms with Gasteiger partial charge in [0.1, 0.15) is 0 Å². The van der Waals surface area contributed by atoms with Crippen LogP contribution in [0.15, 0.2) is 60.7 Å². The fourth-order valence-corrected chi connectivity index (χ4v) is 2.51. The predicted octanol–water partition coefficient (Wildman–Crippen LogP) is 2.99. The van der Waals surface area contributed by atoms with Crippen molar-refractivity contribution in [3.05, 3.63) is 71.8 Å². The highest BCUT2D eigenvalue weighted by Crippen LogP contribution is 2.34. The summed E-state index contributed by atoms with van der Waals surface area (Å²) in [5.41, 5.74) is 1.61. The predicted molar refractivity (Wildman–Crippen MR) is 78.1 cm³/mol. The normalized spacial score (nSPS) is 12.0. The Morgan fingerprint density at radius 1 is 0.810 bits per heavy atom. The first-order chi connectivity index (χ1) is 10.1. The molecule has 2 aromatic carbocycles. The highest BCUT2D eigenvalue weighted by molar-refractivity contribution is 5.79. The van der Waals surface area contributed by atoms with Crippen LogP contribution in [0.25, 0.3) is 0 Å². The molecule has 0 bridgehead atoms. The van der Waals surface area contributed by atoms with Crippen molar-refractivity contribution in [2.24, 2.45) is 5.92 Å². The van der Waals surface area contributed by atoms with Crippen molar-refractivity contribution in [1.82, 2.24) is 0 Å². The Morgan fingerprint density at radius 2 is 1.24 bits per heavy atom. The lowest BCUT2D eigenvalue weighted by Gasteiger charge is -2.24. The minimum atomic E-state index is -1.11. The average Bonchev–Trinajstić information content (AvgIpc) is 2.48. The molecule has 0 aliphatic rings. The van der Waals surface area contributed by atoms with Gasteiger partial charge in [0.15, 0.2) is 0 Å². The van der Waals surface area contributed by atoms with Crippen molar-refractivity contribution >= 4 is 11.9 Å². The summed E-state index contributed by atoms with van der Waals surface area (Å²) >= 11 is 0. The molecule has 0 spiro atoms. The molecule has 4 nitrogen and oxygen atoms in total. The average molecular weight is 284 g/mol. The number of rotatable bonds is 6. The number of carbonyl (C=O) groups is 2. The summed E-state index contributed by atoms with van der Waals surface area (Å²) in [4.78, 5) is 22.6. The van der Waals surface area contributed by atoms with Crippen molar-refractivity contribution in [2.45, 2.75) is 12.3 Å². The summed E-state index contributed by atoms with van der Waals surface area (Å²) in [6.45, 7) is 0. The van der Waals surface area contributed by atoms with E-state index in [0.29, 0.717) is 0 Å². The second-order valence-corrected chi connectivity index (χ2v) is 4.84. The van der Waals surface area contributed by atoms with E-state index < -0.39 is 30.2 Å². The molecule has 0 heterocycles. The molecule has 0 saturated heterocycles. The topological polar surface area (TPSA) is 74.6 Å². The van der Waals surface area contributed by atoms with E-state index in [1.165, 1.54) is 0 Å². The van der Waals surface area contributed by atoms with Gasteiger partial charge >= 0.3 is 11.9 Å². The molecule has 1 unspecified atom stereocenters. The van der Waals surface area contributed by atoms with E-state index in [0.717, 1.165) is 11.1 Å². The van der Waals surface area contributed by atoms with Crippen molar-refractivity contribution in [1.29, 1.82) is 0 Å². The zero-order valence-electron chi connectivity index (χ0n) is 11.3. The molecule has 4 heteroatoms. The van der Waals surface area contributed by atoms with Crippen molar-refractivity contribution in [3.8, 4) is 0 Å². The van der Waals surface area contributed by atoms with E-state index in [4.69, 9.17) is 5.11 Å². The highest BCUT2D eigenvalue weighted by atomic mass is 16.4. The Bertz CT molecular complexity index is 568. The van der Waals surface area contributed by atoms with E-state index in [1.54, 1.807) is 0 Å². The molecule has 0 aliphatic carbocycles. The molecular weight excluding hydrogens is 268 g/mol. The molecule has 0 fully saturated rings. The van der Waals surface area contributed by atoms with Crippen LogP contribution in [0.2, 0.25) is 0 Å². The zero-order valence-corrected chi connectivity index (χ0v) is 11.3. The first-order valence-corrected chi connectivity index (χ1v) is 6.64. The van der Waals surface area contributed by atoms with Gasteiger partial charge in [-0.2, -0.15) is 0 Å². The van der Waals surface area contributed by atoms with Gasteiger partial charge in [-0.15, -0.1) is 0 Å². The summed E-state index contributed by atoms with van der Waals surface area (Å²) in [6, 6.07) is 18.3. The molecule has 2 aromatic rings. The fraction of sp³-hybridized carbons (Fsp3) is 0.176. The van der Waals surface area contributed by atoms with Gasteiger partial charge in [0.05, 0.1) is 12.3 Å². The van der Waals surface area contributed by atoms with Crippen LogP contribution in [0.3, 0.4) is 0 Å². The van der Waals surface area contributed by atoms with Gasteiger partial charge < -0.3 is 10.2 Å². The molecule has 1 atom stereocenters. The standard InChI is InChI=1S/C17H16O4/c18-15(19)11-14(17(20)21)16(12-7-3-1-4-8-12)13-9-5-2-6-10-13/h1-10,14,16H,11H2,(H,18,19)(H,20,21). The molecule has 0 radical (unpaired) electrons. The number of hydrogen-bond donors (Lipinski definition) is 2. The van der Waals surface area contributed by atoms with Crippen LogP contribution in [0.5, 0.6) is 0 Å². The van der Waals surface area contributed by atoms with E-state index in [9.17, 15) is 14.7 Å². The first kappa shape index (κ1) is 14.8. The van der Waals surface area contributed by atoms with Crippen LogP contribution in [-0.2, 0) is 9.59 Å². The second-order valence-electron chi connectivity index (χ2n) is 4.84. The van der Waals surface area contributed by atoms with Crippen LogP contribution in [-0.4, -0.2) is 22.2 Å². The third kappa shape index (κ3) is 3.69. The molecule has 0 amide bonds. The lowest BCUT2D eigenvalue weighted by Crippen LogP contribution is -2.25. The van der Waals surface area contributed by atoms with E-state index in [-0.39, 0.29) is 0 Å². The summed E-state index contributed by atoms with van der Waals surface area (Å²) < 4.78 is 0. The Labute approximate surface area is 122 Å². The number of aliphatic carboxylic acids is 2. The molecule has 0 saturated carbocycles. The molecule has 21 heavy (non-hydrogen) atoms. The van der Waals surface area contributed by atoms with Gasteiger partial charge in [-0.3, -0.25) is 9.59 Å². The smallest absolute Gasteiger partial charge is 0.308 e. The Kier molecular flexibility index (Phi) is 4.72. The van der Waals surface area contributed by atoms with Gasteiger partial charge in [-0.1, -0.05) is 60.7 Å². The van der Waals surface area contributed by atoms with Crippen LogP contribution in [0.4, 0.5) is 0 Å².